The van der Waals surface area contributed by atoms with Gasteiger partial charge in [-0.1, -0.05) is 39.8 Å². The van der Waals surface area contributed by atoms with Gasteiger partial charge in [0.2, 0.25) is 0 Å². The summed E-state index contributed by atoms with van der Waals surface area (Å²) >= 11 is 0. The molecule has 1 aromatic rings. The lowest BCUT2D eigenvalue weighted by molar-refractivity contribution is -0.0500. The molecule has 0 bridgehead atoms. The summed E-state index contributed by atoms with van der Waals surface area (Å²) in [6.45, 7) is 10.5. The molecule has 0 radical (unpaired) electrons. The third kappa shape index (κ3) is 2.19. The van der Waals surface area contributed by atoms with E-state index in [-0.39, 0.29) is 10.8 Å². The van der Waals surface area contributed by atoms with Gasteiger partial charge >= 0.3 is 0 Å². The van der Waals surface area contributed by atoms with Gasteiger partial charge in [-0.25, -0.2) is 0 Å². The van der Waals surface area contributed by atoms with E-state index in [1.807, 2.05) is 0 Å². The summed E-state index contributed by atoms with van der Waals surface area (Å²) in [6.07, 6.45) is 0. The van der Waals surface area contributed by atoms with Crippen LogP contribution in [-0.2, 0) is 15.6 Å². The Balaban J connectivity index is 2.45. The number of ether oxygens (including phenoxy) is 2. The van der Waals surface area contributed by atoms with Gasteiger partial charge in [0.1, 0.15) is 5.75 Å². The summed E-state index contributed by atoms with van der Waals surface area (Å²) in [6, 6.07) is 6.53. The number of methoxy groups -OCH3 is 1. The highest BCUT2D eigenvalue weighted by Crippen LogP contribution is 2.38. The molecule has 0 saturated carbocycles. The van der Waals surface area contributed by atoms with E-state index in [9.17, 15) is 0 Å². The van der Waals surface area contributed by atoms with Crippen LogP contribution in [0, 0.1) is 0 Å². The molecule has 0 aliphatic carbocycles. The predicted molar refractivity (Wildman–Crippen MR) is 69.9 cm³/mol. The minimum Gasteiger partial charge on any atom is -0.496 e. The molecule has 0 amide bonds. The molecule has 1 aromatic carbocycles. The second kappa shape index (κ2) is 4.02. The first-order valence-corrected chi connectivity index (χ1v) is 6.13. The van der Waals surface area contributed by atoms with Crippen LogP contribution in [0.15, 0.2) is 18.2 Å². The van der Waals surface area contributed by atoms with E-state index < -0.39 is 0 Å². The average Bonchev–Trinajstić information content (AvgIpc) is 2.24. The van der Waals surface area contributed by atoms with Crippen molar-refractivity contribution in [3.05, 3.63) is 29.3 Å². The first-order chi connectivity index (χ1) is 7.87. The van der Waals surface area contributed by atoms with E-state index in [1.165, 1.54) is 11.1 Å². The lowest BCUT2D eigenvalue weighted by Crippen LogP contribution is -2.44. The maximum absolute atomic E-state index is 5.46. The molecule has 1 heterocycles. The maximum atomic E-state index is 5.46. The average molecular weight is 234 g/mol. The highest BCUT2D eigenvalue weighted by atomic mass is 16.5. The molecule has 0 N–H and O–H groups in total. The molecule has 17 heavy (non-hydrogen) atoms. The van der Waals surface area contributed by atoms with Crippen molar-refractivity contribution in [2.45, 2.75) is 38.5 Å². The van der Waals surface area contributed by atoms with Gasteiger partial charge in [0, 0.05) is 5.41 Å². The summed E-state index contributed by atoms with van der Waals surface area (Å²) in [5.74, 6) is 0.977. The Labute approximate surface area is 104 Å². The van der Waals surface area contributed by atoms with Crippen molar-refractivity contribution in [3.8, 4) is 5.75 Å². The summed E-state index contributed by atoms with van der Waals surface area (Å²) in [7, 11) is 1.73. The van der Waals surface area contributed by atoms with Crippen molar-refractivity contribution in [1.29, 1.82) is 0 Å². The van der Waals surface area contributed by atoms with Crippen LogP contribution in [0.2, 0.25) is 0 Å². The Hall–Kier alpha value is -1.02. The fourth-order valence-corrected chi connectivity index (χ4v) is 2.24. The van der Waals surface area contributed by atoms with Gasteiger partial charge in [-0.2, -0.15) is 0 Å². The van der Waals surface area contributed by atoms with Crippen LogP contribution in [-0.4, -0.2) is 20.3 Å². The Morgan fingerprint density at radius 1 is 1.24 bits per heavy atom. The molecule has 0 aromatic heterocycles. The lowest BCUT2D eigenvalue weighted by atomic mass is 9.77. The van der Waals surface area contributed by atoms with E-state index in [1.54, 1.807) is 7.11 Å². The monoisotopic (exact) mass is 234 g/mol. The summed E-state index contributed by atoms with van der Waals surface area (Å²) in [4.78, 5) is 0. The van der Waals surface area contributed by atoms with Crippen molar-refractivity contribution in [3.63, 3.8) is 0 Å². The molecule has 0 atom stereocenters. The van der Waals surface area contributed by atoms with Crippen LogP contribution in [0.3, 0.4) is 0 Å². The van der Waals surface area contributed by atoms with E-state index in [4.69, 9.17) is 9.47 Å². The summed E-state index contributed by atoms with van der Waals surface area (Å²) < 4.78 is 10.8. The third-order valence-corrected chi connectivity index (χ3v) is 3.55. The van der Waals surface area contributed by atoms with Gasteiger partial charge in [0.15, 0.2) is 0 Å². The van der Waals surface area contributed by atoms with Crippen LogP contribution < -0.4 is 4.74 Å². The minimum absolute atomic E-state index is 0.0995. The van der Waals surface area contributed by atoms with Crippen molar-refractivity contribution in [2.24, 2.45) is 0 Å². The molecule has 1 fully saturated rings. The van der Waals surface area contributed by atoms with Crippen LogP contribution in [0.5, 0.6) is 5.75 Å². The molecule has 2 rings (SSSR count). The van der Waals surface area contributed by atoms with E-state index in [2.05, 4.69) is 45.9 Å². The van der Waals surface area contributed by atoms with Crippen LogP contribution in [0.25, 0.3) is 0 Å². The minimum atomic E-state index is 0.0995. The standard InChI is InChI=1S/C15H22O2/c1-14(2,3)12-8-11(6-7-13(12)16-5)15(4)9-17-10-15/h6-8H,9-10H2,1-5H3. The van der Waals surface area contributed by atoms with Crippen LogP contribution >= 0.6 is 0 Å². The molecular weight excluding hydrogens is 212 g/mol. The van der Waals surface area contributed by atoms with Crippen LogP contribution in [0.1, 0.15) is 38.8 Å². The normalized spacial score (nSPS) is 18.6. The van der Waals surface area contributed by atoms with Crippen molar-refractivity contribution < 1.29 is 9.47 Å². The van der Waals surface area contributed by atoms with Gasteiger partial charge in [-0.05, 0) is 22.6 Å². The second-order valence-corrected chi connectivity index (χ2v) is 6.22. The number of rotatable bonds is 2. The van der Waals surface area contributed by atoms with Gasteiger partial charge in [0.25, 0.3) is 0 Å². The largest absolute Gasteiger partial charge is 0.496 e. The highest BCUT2D eigenvalue weighted by Gasteiger charge is 2.36. The topological polar surface area (TPSA) is 18.5 Å². The summed E-state index contributed by atoms with van der Waals surface area (Å²) in [5.41, 5.74) is 2.91. The van der Waals surface area contributed by atoms with Crippen molar-refractivity contribution in [2.75, 3.05) is 20.3 Å². The molecule has 0 spiro atoms. The van der Waals surface area contributed by atoms with Gasteiger partial charge in [-0.15, -0.1) is 0 Å². The Morgan fingerprint density at radius 2 is 1.88 bits per heavy atom. The summed E-state index contributed by atoms with van der Waals surface area (Å²) in [5, 5.41) is 0. The molecule has 0 unspecified atom stereocenters. The number of benzene rings is 1. The number of hydrogen-bond donors (Lipinski definition) is 0. The Bertz CT molecular complexity index is 411. The van der Waals surface area contributed by atoms with Gasteiger partial charge in [0.05, 0.1) is 20.3 Å². The second-order valence-electron chi connectivity index (χ2n) is 6.22. The zero-order chi connectivity index (χ0) is 12.7. The van der Waals surface area contributed by atoms with Crippen molar-refractivity contribution in [1.82, 2.24) is 0 Å². The van der Waals surface area contributed by atoms with Gasteiger partial charge in [-0.3, -0.25) is 0 Å². The zero-order valence-corrected chi connectivity index (χ0v) is 11.5. The Morgan fingerprint density at radius 3 is 2.29 bits per heavy atom. The van der Waals surface area contributed by atoms with E-state index in [0.717, 1.165) is 19.0 Å². The first-order valence-electron chi connectivity index (χ1n) is 6.13. The van der Waals surface area contributed by atoms with Gasteiger partial charge < -0.3 is 9.47 Å². The highest BCUT2D eigenvalue weighted by molar-refractivity contribution is 5.44. The smallest absolute Gasteiger partial charge is 0.122 e. The van der Waals surface area contributed by atoms with E-state index in [0.29, 0.717) is 0 Å². The first kappa shape index (κ1) is 12.4. The molecule has 1 aliphatic rings. The molecular formula is C15H22O2. The fourth-order valence-electron chi connectivity index (χ4n) is 2.24. The molecule has 2 heteroatoms. The molecule has 1 aliphatic heterocycles. The lowest BCUT2D eigenvalue weighted by Gasteiger charge is -2.39. The third-order valence-electron chi connectivity index (χ3n) is 3.55. The maximum Gasteiger partial charge on any atom is 0.122 e. The number of hydrogen-bond acceptors (Lipinski definition) is 2. The fraction of sp³-hybridized carbons (Fsp3) is 0.600. The van der Waals surface area contributed by atoms with Crippen LogP contribution in [0.4, 0.5) is 0 Å². The van der Waals surface area contributed by atoms with Crippen molar-refractivity contribution >= 4 is 0 Å². The molecule has 94 valence electrons. The molecule has 2 nitrogen and oxygen atoms in total. The quantitative estimate of drug-likeness (QED) is 0.782. The molecule has 1 saturated heterocycles. The Kier molecular flexibility index (Phi) is 2.94. The predicted octanol–water partition coefficient (Wildman–Crippen LogP) is 3.28. The SMILES string of the molecule is COc1ccc(C2(C)COC2)cc1C(C)(C)C. The zero-order valence-electron chi connectivity index (χ0n) is 11.5. The van der Waals surface area contributed by atoms with E-state index >= 15 is 0 Å².